The fraction of sp³-hybridized carbons (Fsp3) is 0.200. The van der Waals surface area contributed by atoms with E-state index in [2.05, 4.69) is 20.8 Å². The summed E-state index contributed by atoms with van der Waals surface area (Å²) in [5.41, 5.74) is 3.67. The highest BCUT2D eigenvalue weighted by atomic mass is 16.5. The topological polar surface area (TPSA) is 88.3 Å². The summed E-state index contributed by atoms with van der Waals surface area (Å²) in [6, 6.07) is 14.3. The Labute approximate surface area is 157 Å². The normalized spacial score (nSPS) is 10.3. The number of carbonyl (C=O) groups excluding carboxylic acids is 1. The summed E-state index contributed by atoms with van der Waals surface area (Å²) in [5, 5.41) is 13.1. The van der Waals surface area contributed by atoms with Crippen LogP contribution >= 0.6 is 0 Å². The smallest absolute Gasteiger partial charge is 0.323 e. The summed E-state index contributed by atoms with van der Waals surface area (Å²) in [6.07, 6.45) is 0.703. The molecule has 7 nitrogen and oxygen atoms in total. The molecule has 3 rings (SSSR count). The molecular weight excluding hydrogens is 344 g/mol. The van der Waals surface area contributed by atoms with Gasteiger partial charge in [-0.05, 0) is 42.8 Å². The van der Waals surface area contributed by atoms with Gasteiger partial charge in [0.15, 0.2) is 0 Å². The van der Waals surface area contributed by atoms with Crippen molar-refractivity contribution in [2.24, 2.45) is 0 Å². The zero-order valence-electron chi connectivity index (χ0n) is 15.5. The summed E-state index contributed by atoms with van der Waals surface area (Å²) in [5.74, 6) is 1.45. The van der Waals surface area contributed by atoms with E-state index in [0.717, 1.165) is 22.8 Å². The van der Waals surface area contributed by atoms with Gasteiger partial charge in [-0.1, -0.05) is 19.1 Å². The molecule has 2 aromatic carbocycles. The number of aromatic nitrogens is 2. The third-order valence-corrected chi connectivity index (χ3v) is 4.12. The Morgan fingerprint density at radius 2 is 1.78 bits per heavy atom. The fourth-order valence-electron chi connectivity index (χ4n) is 2.70. The lowest BCUT2D eigenvalue weighted by Crippen LogP contribution is -2.20. The van der Waals surface area contributed by atoms with Crippen LogP contribution in [0.15, 0.2) is 48.5 Å². The predicted octanol–water partition coefficient (Wildman–Crippen LogP) is 4.30. The van der Waals surface area contributed by atoms with E-state index in [9.17, 15) is 4.79 Å². The number of hydrogen-bond donors (Lipinski definition) is 3. The maximum absolute atomic E-state index is 12.5. The molecule has 0 fully saturated rings. The van der Waals surface area contributed by atoms with E-state index < -0.39 is 0 Å². The van der Waals surface area contributed by atoms with E-state index in [1.807, 2.05) is 31.2 Å². The van der Waals surface area contributed by atoms with Gasteiger partial charge in [0.25, 0.3) is 0 Å². The third kappa shape index (κ3) is 4.20. The van der Waals surface area contributed by atoms with E-state index in [-0.39, 0.29) is 6.03 Å². The van der Waals surface area contributed by atoms with Crippen molar-refractivity contribution >= 4 is 17.4 Å². The molecule has 1 aromatic heterocycles. The van der Waals surface area contributed by atoms with E-state index in [0.29, 0.717) is 23.5 Å². The molecule has 1 heterocycles. The quantitative estimate of drug-likeness (QED) is 0.607. The number of nitrogens with one attached hydrogen (secondary N) is 3. The van der Waals surface area contributed by atoms with Crippen LogP contribution in [0.3, 0.4) is 0 Å². The lowest BCUT2D eigenvalue weighted by Gasteiger charge is -2.10. The molecule has 0 saturated carbocycles. The van der Waals surface area contributed by atoms with Gasteiger partial charge in [0.2, 0.25) is 0 Å². The Balaban J connectivity index is 1.82. The molecule has 27 heavy (non-hydrogen) atoms. The molecule has 0 radical (unpaired) electrons. The van der Waals surface area contributed by atoms with Crippen LogP contribution in [0.2, 0.25) is 0 Å². The first-order valence-electron chi connectivity index (χ1n) is 8.58. The second-order valence-corrected chi connectivity index (χ2v) is 5.82. The Hall–Kier alpha value is -3.48. The summed E-state index contributed by atoms with van der Waals surface area (Å²) in [4.78, 5) is 12.5. The van der Waals surface area contributed by atoms with Crippen LogP contribution in [0.1, 0.15) is 12.6 Å². The zero-order chi connectivity index (χ0) is 19.2. The average Bonchev–Trinajstić information content (AvgIpc) is 3.11. The third-order valence-electron chi connectivity index (χ3n) is 4.12. The summed E-state index contributed by atoms with van der Waals surface area (Å²) in [7, 11) is 3.21. The molecule has 0 aliphatic rings. The Kier molecular flexibility index (Phi) is 5.61. The Bertz CT molecular complexity index is 919. The second kappa shape index (κ2) is 8.27. The van der Waals surface area contributed by atoms with E-state index in [1.54, 1.807) is 38.5 Å². The number of carbonyl (C=O) groups is 1. The number of benzene rings is 2. The van der Waals surface area contributed by atoms with Crippen LogP contribution in [0.4, 0.5) is 16.2 Å². The summed E-state index contributed by atoms with van der Waals surface area (Å²) >= 11 is 0. The van der Waals surface area contributed by atoms with Gasteiger partial charge in [-0.25, -0.2) is 4.79 Å². The number of ether oxygens (including phenoxy) is 2. The standard InChI is InChI=1S/C20H22N4O3/c1-4-17-19(18(24-23-17)13-6-5-7-16(12-13)27-3)22-20(25)21-14-8-10-15(26-2)11-9-14/h5-12H,4H2,1-3H3,(H,23,24)(H2,21,22,25). The van der Waals surface area contributed by atoms with Gasteiger partial charge in [0.1, 0.15) is 17.2 Å². The van der Waals surface area contributed by atoms with Crippen molar-refractivity contribution < 1.29 is 14.3 Å². The highest BCUT2D eigenvalue weighted by Gasteiger charge is 2.17. The summed E-state index contributed by atoms with van der Waals surface area (Å²) < 4.78 is 10.4. The summed E-state index contributed by atoms with van der Waals surface area (Å²) in [6.45, 7) is 2.00. The molecule has 3 aromatic rings. The minimum atomic E-state index is -0.347. The second-order valence-electron chi connectivity index (χ2n) is 5.82. The van der Waals surface area contributed by atoms with Gasteiger partial charge in [-0.15, -0.1) is 0 Å². The van der Waals surface area contributed by atoms with Gasteiger partial charge in [-0.3, -0.25) is 5.10 Å². The first kappa shape index (κ1) is 18.3. The van der Waals surface area contributed by atoms with Gasteiger partial charge >= 0.3 is 6.03 Å². The number of methoxy groups -OCH3 is 2. The molecule has 0 atom stereocenters. The molecule has 0 saturated heterocycles. The molecule has 140 valence electrons. The van der Waals surface area contributed by atoms with Crippen LogP contribution in [0, 0.1) is 0 Å². The van der Waals surface area contributed by atoms with Crippen LogP contribution < -0.4 is 20.1 Å². The number of nitrogens with zero attached hydrogens (tertiary/aromatic N) is 1. The molecular formula is C20H22N4O3. The van der Waals surface area contributed by atoms with Crippen molar-refractivity contribution in [1.82, 2.24) is 10.2 Å². The lowest BCUT2D eigenvalue weighted by molar-refractivity contribution is 0.262. The van der Waals surface area contributed by atoms with Crippen LogP contribution in [-0.2, 0) is 6.42 Å². The van der Waals surface area contributed by atoms with E-state index in [4.69, 9.17) is 9.47 Å². The Morgan fingerprint density at radius 3 is 2.44 bits per heavy atom. The maximum Gasteiger partial charge on any atom is 0.323 e. The van der Waals surface area contributed by atoms with Crippen molar-refractivity contribution in [2.45, 2.75) is 13.3 Å². The first-order chi connectivity index (χ1) is 13.1. The fourth-order valence-corrected chi connectivity index (χ4v) is 2.70. The number of hydrogen-bond acceptors (Lipinski definition) is 4. The molecule has 0 spiro atoms. The number of rotatable bonds is 6. The van der Waals surface area contributed by atoms with E-state index >= 15 is 0 Å². The number of anilines is 2. The first-order valence-corrected chi connectivity index (χ1v) is 8.58. The number of urea groups is 1. The predicted molar refractivity (Wildman–Crippen MR) is 106 cm³/mol. The largest absolute Gasteiger partial charge is 0.497 e. The SMILES string of the molecule is CCc1[nH]nc(-c2cccc(OC)c2)c1NC(=O)Nc1ccc(OC)cc1. The molecule has 3 N–H and O–H groups in total. The maximum atomic E-state index is 12.5. The molecule has 0 unspecified atom stereocenters. The van der Waals surface area contributed by atoms with Gasteiger partial charge in [0, 0.05) is 11.3 Å². The van der Waals surface area contributed by atoms with Crippen molar-refractivity contribution in [3.05, 3.63) is 54.2 Å². The molecule has 0 aliphatic heterocycles. The van der Waals surface area contributed by atoms with Gasteiger partial charge in [0.05, 0.1) is 25.6 Å². The van der Waals surface area contributed by atoms with Crippen molar-refractivity contribution in [1.29, 1.82) is 0 Å². The highest BCUT2D eigenvalue weighted by Crippen LogP contribution is 2.31. The highest BCUT2D eigenvalue weighted by molar-refractivity contribution is 6.02. The number of amides is 2. The molecule has 2 amide bonds. The number of aryl methyl sites for hydroxylation is 1. The monoisotopic (exact) mass is 366 g/mol. The van der Waals surface area contributed by atoms with Gasteiger partial charge in [-0.2, -0.15) is 5.10 Å². The minimum Gasteiger partial charge on any atom is -0.497 e. The van der Waals surface area contributed by atoms with Crippen molar-refractivity contribution in [3.63, 3.8) is 0 Å². The number of H-pyrrole nitrogens is 1. The lowest BCUT2D eigenvalue weighted by atomic mass is 10.1. The van der Waals surface area contributed by atoms with Crippen LogP contribution in [0.5, 0.6) is 11.5 Å². The van der Waals surface area contributed by atoms with Gasteiger partial charge < -0.3 is 20.1 Å². The molecule has 0 bridgehead atoms. The van der Waals surface area contributed by atoms with Crippen LogP contribution in [-0.4, -0.2) is 30.4 Å². The van der Waals surface area contributed by atoms with Crippen molar-refractivity contribution in [3.8, 4) is 22.8 Å². The van der Waals surface area contributed by atoms with E-state index in [1.165, 1.54) is 0 Å². The Morgan fingerprint density at radius 1 is 1.04 bits per heavy atom. The van der Waals surface area contributed by atoms with Crippen LogP contribution in [0.25, 0.3) is 11.3 Å². The minimum absolute atomic E-state index is 0.347. The molecule has 0 aliphatic carbocycles. The zero-order valence-corrected chi connectivity index (χ0v) is 15.5. The number of aromatic amines is 1. The van der Waals surface area contributed by atoms with Crippen molar-refractivity contribution in [2.75, 3.05) is 24.9 Å². The average molecular weight is 366 g/mol. The molecule has 7 heteroatoms.